The largest absolute Gasteiger partial charge is 0.480 e. The van der Waals surface area contributed by atoms with Gasteiger partial charge in [0.2, 0.25) is 5.91 Å². The Morgan fingerprint density at radius 3 is 2.32 bits per heavy atom. The summed E-state index contributed by atoms with van der Waals surface area (Å²) >= 11 is 1.52. The number of alkyl carbamates (subject to hydrolysis) is 1. The van der Waals surface area contributed by atoms with Gasteiger partial charge in [0.15, 0.2) is 0 Å². The number of fused-ring (bicyclic) bond motifs is 3. The average molecular weight is 483 g/mol. The van der Waals surface area contributed by atoms with E-state index in [4.69, 9.17) is 4.74 Å². The van der Waals surface area contributed by atoms with Gasteiger partial charge < -0.3 is 20.1 Å². The molecule has 0 saturated carbocycles. The zero-order valence-electron chi connectivity index (χ0n) is 19.4. The van der Waals surface area contributed by atoms with E-state index in [1.54, 1.807) is 0 Å². The minimum Gasteiger partial charge on any atom is -0.480 e. The predicted octanol–water partition coefficient (Wildman–Crippen LogP) is 3.97. The first-order chi connectivity index (χ1) is 16.4. The lowest BCUT2D eigenvalue weighted by Gasteiger charge is -2.36. The number of carbonyl (C=O) groups excluding carboxylic acids is 2. The fraction of sp³-hybridized carbons (Fsp3) is 0.423. The Hall–Kier alpha value is -3.00. The van der Waals surface area contributed by atoms with Gasteiger partial charge in [-0.3, -0.25) is 4.79 Å². The summed E-state index contributed by atoms with van der Waals surface area (Å²) in [6, 6.07) is 14.5. The van der Waals surface area contributed by atoms with Gasteiger partial charge in [-0.1, -0.05) is 68.8 Å². The van der Waals surface area contributed by atoms with E-state index in [0.29, 0.717) is 24.5 Å². The molecule has 1 fully saturated rings. The normalized spacial score (nSPS) is 19.0. The fourth-order valence-electron chi connectivity index (χ4n) is 4.70. The molecule has 0 bridgehead atoms. The Bertz CT molecular complexity index is 1030. The summed E-state index contributed by atoms with van der Waals surface area (Å²) < 4.78 is 5.64. The van der Waals surface area contributed by atoms with Gasteiger partial charge in [-0.05, 0) is 28.2 Å². The predicted molar refractivity (Wildman–Crippen MR) is 132 cm³/mol. The van der Waals surface area contributed by atoms with E-state index in [1.165, 1.54) is 16.7 Å². The maximum absolute atomic E-state index is 13.3. The van der Waals surface area contributed by atoms with Crippen LogP contribution in [-0.4, -0.2) is 64.7 Å². The zero-order chi connectivity index (χ0) is 24.2. The first-order valence-electron chi connectivity index (χ1n) is 11.6. The molecule has 0 radical (unpaired) electrons. The van der Waals surface area contributed by atoms with E-state index in [2.05, 4.69) is 17.4 Å². The molecule has 3 unspecified atom stereocenters. The van der Waals surface area contributed by atoms with Gasteiger partial charge >= 0.3 is 12.1 Å². The van der Waals surface area contributed by atoms with Crippen LogP contribution in [0.2, 0.25) is 0 Å². The number of aliphatic carboxylic acids is 1. The highest BCUT2D eigenvalue weighted by molar-refractivity contribution is 7.99. The molecule has 0 aromatic heterocycles. The zero-order valence-corrected chi connectivity index (χ0v) is 20.2. The van der Waals surface area contributed by atoms with Crippen LogP contribution in [0.4, 0.5) is 4.79 Å². The maximum atomic E-state index is 13.3. The Morgan fingerprint density at radius 1 is 1.12 bits per heavy atom. The van der Waals surface area contributed by atoms with Crippen molar-refractivity contribution in [3.63, 3.8) is 0 Å². The van der Waals surface area contributed by atoms with Gasteiger partial charge in [-0.25, -0.2) is 9.59 Å². The van der Waals surface area contributed by atoms with Crippen LogP contribution < -0.4 is 5.32 Å². The summed E-state index contributed by atoms with van der Waals surface area (Å²) in [5.41, 5.74) is 4.51. The smallest absolute Gasteiger partial charge is 0.407 e. The number of thioether (sulfide) groups is 1. The number of hydrogen-bond donors (Lipinski definition) is 2. The highest BCUT2D eigenvalue weighted by Crippen LogP contribution is 2.44. The molecule has 3 atom stereocenters. The summed E-state index contributed by atoms with van der Waals surface area (Å²) in [5, 5.41) is 12.3. The van der Waals surface area contributed by atoms with Crippen molar-refractivity contribution < 1.29 is 24.2 Å². The third-order valence-corrected chi connectivity index (χ3v) is 7.82. The molecule has 8 heteroatoms. The molecule has 180 valence electrons. The average Bonchev–Trinajstić information content (AvgIpc) is 3.18. The summed E-state index contributed by atoms with van der Waals surface area (Å²) in [4.78, 5) is 39.2. The summed E-state index contributed by atoms with van der Waals surface area (Å²) in [6.45, 7) is 4.31. The van der Waals surface area contributed by atoms with Crippen LogP contribution in [0.15, 0.2) is 48.5 Å². The number of hydrogen-bond acceptors (Lipinski definition) is 5. The van der Waals surface area contributed by atoms with Crippen molar-refractivity contribution in [2.75, 3.05) is 24.7 Å². The highest BCUT2D eigenvalue weighted by atomic mass is 32.2. The van der Waals surface area contributed by atoms with Gasteiger partial charge in [-0.2, -0.15) is 11.8 Å². The SMILES string of the molecule is CCC(C)C(NC(=O)OCC1c2ccccc2-c2ccccc21)C(=O)N1CCSCC1C(=O)O. The third kappa shape index (κ3) is 4.78. The fourth-order valence-corrected chi connectivity index (χ4v) is 5.74. The third-order valence-electron chi connectivity index (χ3n) is 6.79. The van der Waals surface area contributed by atoms with Gasteiger partial charge in [0.05, 0.1) is 0 Å². The second-order valence-electron chi connectivity index (χ2n) is 8.79. The van der Waals surface area contributed by atoms with Gasteiger partial charge in [0.25, 0.3) is 0 Å². The first-order valence-corrected chi connectivity index (χ1v) is 12.8. The Kier molecular flexibility index (Phi) is 7.46. The second-order valence-corrected chi connectivity index (χ2v) is 9.94. The van der Waals surface area contributed by atoms with Crippen molar-refractivity contribution in [2.24, 2.45) is 5.92 Å². The van der Waals surface area contributed by atoms with E-state index in [9.17, 15) is 19.5 Å². The standard InChI is InChI=1S/C26H30N2O5S/c1-3-16(2)23(24(29)28-12-13-34-15-22(28)25(30)31)27-26(32)33-14-21-19-10-6-4-8-17(19)18-9-5-7-11-20(18)21/h4-11,16,21-23H,3,12-15H2,1-2H3,(H,27,32)(H,30,31). The molecule has 2 N–H and O–H groups in total. The van der Waals surface area contributed by atoms with Gasteiger partial charge in [0, 0.05) is 24.0 Å². The number of carboxylic acid groups (broad SMARTS) is 1. The molecule has 2 amide bonds. The summed E-state index contributed by atoms with van der Waals surface area (Å²) in [5.74, 6) is -0.615. The Balaban J connectivity index is 1.46. The molecular weight excluding hydrogens is 452 g/mol. The number of carbonyl (C=O) groups is 3. The monoisotopic (exact) mass is 482 g/mol. The van der Waals surface area contributed by atoms with Crippen LogP contribution in [0, 0.1) is 5.92 Å². The van der Waals surface area contributed by atoms with Crippen molar-refractivity contribution in [1.82, 2.24) is 10.2 Å². The molecule has 1 heterocycles. The molecule has 0 spiro atoms. The van der Waals surface area contributed by atoms with E-state index in [1.807, 2.05) is 50.2 Å². The van der Waals surface area contributed by atoms with Crippen molar-refractivity contribution in [1.29, 1.82) is 0 Å². The second kappa shape index (κ2) is 10.5. The molecule has 2 aromatic rings. The molecule has 7 nitrogen and oxygen atoms in total. The van der Waals surface area contributed by atoms with E-state index in [-0.39, 0.29) is 24.3 Å². The van der Waals surface area contributed by atoms with Crippen LogP contribution in [0.1, 0.15) is 37.3 Å². The van der Waals surface area contributed by atoms with Crippen molar-refractivity contribution in [2.45, 2.75) is 38.3 Å². The first kappa shape index (κ1) is 24.1. The minimum atomic E-state index is -1.02. The van der Waals surface area contributed by atoms with Crippen molar-refractivity contribution in [3.05, 3.63) is 59.7 Å². The lowest BCUT2D eigenvalue weighted by Crippen LogP contribution is -2.58. The molecular formula is C26H30N2O5S. The van der Waals surface area contributed by atoms with Crippen LogP contribution in [0.5, 0.6) is 0 Å². The number of ether oxygens (including phenoxy) is 1. The van der Waals surface area contributed by atoms with E-state index in [0.717, 1.165) is 22.3 Å². The highest BCUT2D eigenvalue weighted by Gasteiger charge is 2.38. The Morgan fingerprint density at radius 2 is 1.74 bits per heavy atom. The summed E-state index contributed by atoms with van der Waals surface area (Å²) in [6.07, 6.45) is -0.0146. The molecule has 2 aliphatic rings. The molecule has 4 rings (SSSR count). The number of carboxylic acids is 1. The Labute approximate surface area is 203 Å². The van der Waals surface area contributed by atoms with Gasteiger partial charge in [-0.15, -0.1) is 0 Å². The van der Waals surface area contributed by atoms with Crippen molar-refractivity contribution >= 4 is 29.7 Å². The van der Waals surface area contributed by atoms with E-state index < -0.39 is 24.1 Å². The minimum absolute atomic E-state index is 0.0774. The van der Waals surface area contributed by atoms with Gasteiger partial charge in [0.1, 0.15) is 18.7 Å². The number of nitrogens with one attached hydrogen (secondary N) is 1. The van der Waals surface area contributed by atoms with Crippen molar-refractivity contribution in [3.8, 4) is 11.1 Å². The van der Waals surface area contributed by atoms with E-state index >= 15 is 0 Å². The summed E-state index contributed by atoms with van der Waals surface area (Å²) in [7, 11) is 0. The number of benzene rings is 2. The topological polar surface area (TPSA) is 95.9 Å². The number of rotatable bonds is 7. The molecule has 2 aromatic carbocycles. The lowest BCUT2D eigenvalue weighted by atomic mass is 9.97. The van der Waals surface area contributed by atoms with Crippen LogP contribution >= 0.6 is 11.8 Å². The maximum Gasteiger partial charge on any atom is 0.407 e. The van der Waals surface area contributed by atoms with Crippen LogP contribution in [-0.2, 0) is 14.3 Å². The lowest BCUT2D eigenvalue weighted by molar-refractivity contribution is -0.150. The quantitative estimate of drug-likeness (QED) is 0.620. The molecule has 1 saturated heterocycles. The number of amides is 2. The molecule has 1 aliphatic carbocycles. The molecule has 34 heavy (non-hydrogen) atoms. The van der Waals surface area contributed by atoms with Crippen LogP contribution in [0.3, 0.4) is 0 Å². The molecule has 1 aliphatic heterocycles. The number of nitrogens with zero attached hydrogens (tertiary/aromatic N) is 1. The van der Waals surface area contributed by atoms with Crippen LogP contribution in [0.25, 0.3) is 11.1 Å².